The van der Waals surface area contributed by atoms with Crippen molar-refractivity contribution >= 4 is 17.8 Å². The second-order valence-corrected chi connectivity index (χ2v) is 6.15. The summed E-state index contributed by atoms with van der Waals surface area (Å²) in [6.45, 7) is 2.73. The quantitative estimate of drug-likeness (QED) is 0.665. The van der Waals surface area contributed by atoms with Crippen LogP contribution in [0.4, 0.5) is 5.82 Å². The largest absolute Gasteiger partial charge is 0.465 e. The number of pyridine rings is 1. The van der Waals surface area contributed by atoms with Crippen LogP contribution in [0.3, 0.4) is 0 Å². The van der Waals surface area contributed by atoms with Gasteiger partial charge in [0.2, 0.25) is 5.91 Å². The van der Waals surface area contributed by atoms with Gasteiger partial charge in [0.05, 0.1) is 12.0 Å². The molecule has 27 heavy (non-hydrogen) atoms. The van der Waals surface area contributed by atoms with E-state index in [1.54, 1.807) is 30.7 Å². The van der Waals surface area contributed by atoms with Crippen molar-refractivity contribution in [2.75, 3.05) is 31.1 Å². The zero-order valence-electron chi connectivity index (χ0n) is 14.7. The number of aromatic nitrogens is 3. The SMILES string of the molecule is O=C(C=Cc1ccco1)N1CCN(c2ccc(-c3ccccn3)nn2)CC1. The molecule has 1 aliphatic rings. The molecule has 7 nitrogen and oxygen atoms in total. The first-order valence-electron chi connectivity index (χ1n) is 8.80. The number of carbonyl (C=O) groups is 1. The highest BCUT2D eigenvalue weighted by Crippen LogP contribution is 2.17. The molecule has 0 bridgehead atoms. The molecule has 0 unspecified atom stereocenters. The predicted molar refractivity (Wildman–Crippen MR) is 102 cm³/mol. The lowest BCUT2D eigenvalue weighted by Gasteiger charge is -2.34. The van der Waals surface area contributed by atoms with Crippen LogP contribution < -0.4 is 4.90 Å². The van der Waals surface area contributed by atoms with E-state index in [2.05, 4.69) is 20.1 Å². The number of carbonyl (C=O) groups excluding carboxylic acids is 1. The molecular formula is C20H19N5O2. The van der Waals surface area contributed by atoms with Crippen molar-refractivity contribution in [3.05, 3.63) is 66.8 Å². The first kappa shape index (κ1) is 17.0. The molecule has 0 atom stereocenters. The molecule has 4 heterocycles. The molecular weight excluding hydrogens is 342 g/mol. The minimum Gasteiger partial charge on any atom is -0.465 e. The fraction of sp³-hybridized carbons (Fsp3) is 0.200. The van der Waals surface area contributed by atoms with E-state index in [9.17, 15) is 4.79 Å². The molecule has 3 aromatic heterocycles. The van der Waals surface area contributed by atoms with Crippen LogP contribution in [0.25, 0.3) is 17.5 Å². The van der Waals surface area contributed by atoms with Gasteiger partial charge in [-0.25, -0.2) is 0 Å². The zero-order valence-corrected chi connectivity index (χ0v) is 14.7. The monoisotopic (exact) mass is 361 g/mol. The van der Waals surface area contributed by atoms with Crippen molar-refractivity contribution in [1.82, 2.24) is 20.1 Å². The molecule has 4 rings (SSSR count). The average molecular weight is 361 g/mol. The van der Waals surface area contributed by atoms with Gasteiger partial charge in [0.25, 0.3) is 0 Å². The average Bonchev–Trinajstić information content (AvgIpc) is 3.27. The summed E-state index contributed by atoms with van der Waals surface area (Å²) < 4.78 is 5.20. The van der Waals surface area contributed by atoms with Gasteiger partial charge in [-0.15, -0.1) is 10.2 Å². The molecule has 136 valence electrons. The standard InChI is InChI=1S/C20H19N5O2/c26-20(9-6-16-4-3-15-27-16)25-13-11-24(12-14-25)19-8-7-18(22-23-19)17-5-1-2-10-21-17/h1-10,15H,11-14H2. The van der Waals surface area contributed by atoms with Crippen LogP contribution >= 0.6 is 0 Å². The summed E-state index contributed by atoms with van der Waals surface area (Å²) in [5.41, 5.74) is 1.55. The van der Waals surface area contributed by atoms with Gasteiger partial charge >= 0.3 is 0 Å². The second kappa shape index (κ2) is 7.82. The summed E-state index contributed by atoms with van der Waals surface area (Å²) in [7, 11) is 0. The second-order valence-electron chi connectivity index (χ2n) is 6.15. The van der Waals surface area contributed by atoms with Crippen LogP contribution in [0.15, 0.2) is 65.4 Å². The van der Waals surface area contributed by atoms with Crippen LogP contribution in [0, 0.1) is 0 Å². The van der Waals surface area contributed by atoms with Gasteiger partial charge in [0.15, 0.2) is 5.82 Å². The van der Waals surface area contributed by atoms with Crippen LogP contribution in [-0.4, -0.2) is 52.2 Å². The zero-order chi connectivity index (χ0) is 18.5. The van der Waals surface area contributed by atoms with Crippen molar-refractivity contribution in [2.24, 2.45) is 0 Å². The Balaban J connectivity index is 1.34. The first-order valence-corrected chi connectivity index (χ1v) is 8.80. The highest BCUT2D eigenvalue weighted by Gasteiger charge is 2.21. The number of hydrogen-bond acceptors (Lipinski definition) is 6. The van der Waals surface area contributed by atoms with Crippen LogP contribution in [0.1, 0.15) is 5.76 Å². The van der Waals surface area contributed by atoms with Gasteiger partial charge in [-0.2, -0.15) is 0 Å². The van der Waals surface area contributed by atoms with Gasteiger partial charge in [0.1, 0.15) is 11.5 Å². The fourth-order valence-electron chi connectivity index (χ4n) is 2.95. The lowest BCUT2D eigenvalue weighted by molar-refractivity contribution is -0.126. The summed E-state index contributed by atoms with van der Waals surface area (Å²) in [5, 5.41) is 8.60. The molecule has 0 N–H and O–H groups in total. The third-order valence-corrected chi connectivity index (χ3v) is 4.43. The summed E-state index contributed by atoms with van der Waals surface area (Å²) in [6.07, 6.45) is 6.57. The number of amides is 1. The number of anilines is 1. The molecule has 0 aliphatic carbocycles. The molecule has 1 aliphatic heterocycles. The maximum atomic E-state index is 12.3. The van der Waals surface area contributed by atoms with Crippen LogP contribution in [0.2, 0.25) is 0 Å². The molecule has 0 aromatic carbocycles. The van der Waals surface area contributed by atoms with E-state index in [0.717, 1.165) is 30.3 Å². The van der Waals surface area contributed by atoms with Gasteiger partial charge < -0.3 is 14.2 Å². The summed E-state index contributed by atoms with van der Waals surface area (Å²) in [4.78, 5) is 20.5. The van der Waals surface area contributed by atoms with Crippen molar-refractivity contribution < 1.29 is 9.21 Å². The Kier molecular flexibility index (Phi) is 4.91. The van der Waals surface area contributed by atoms with Gasteiger partial charge in [-0.1, -0.05) is 6.07 Å². The van der Waals surface area contributed by atoms with E-state index in [4.69, 9.17) is 4.42 Å². The Labute approximate surface area is 157 Å². The maximum Gasteiger partial charge on any atom is 0.246 e. The van der Waals surface area contributed by atoms with E-state index in [1.807, 2.05) is 41.3 Å². The third-order valence-electron chi connectivity index (χ3n) is 4.43. The van der Waals surface area contributed by atoms with Crippen molar-refractivity contribution in [1.29, 1.82) is 0 Å². The fourth-order valence-corrected chi connectivity index (χ4v) is 2.95. The molecule has 7 heteroatoms. The molecule has 3 aromatic rings. The Hall–Kier alpha value is -3.48. The number of rotatable bonds is 4. The molecule has 0 saturated carbocycles. The number of piperazine rings is 1. The van der Waals surface area contributed by atoms with Gasteiger partial charge in [-0.05, 0) is 42.5 Å². The molecule has 0 radical (unpaired) electrons. The third kappa shape index (κ3) is 4.03. The maximum absolute atomic E-state index is 12.3. The smallest absolute Gasteiger partial charge is 0.246 e. The molecule has 1 saturated heterocycles. The summed E-state index contributed by atoms with van der Waals surface area (Å²) in [6, 6.07) is 13.2. The van der Waals surface area contributed by atoms with E-state index in [0.29, 0.717) is 18.8 Å². The first-order chi connectivity index (χ1) is 13.3. The summed E-state index contributed by atoms with van der Waals surface area (Å²) in [5.74, 6) is 1.47. The van der Waals surface area contributed by atoms with E-state index in [1.165, 1.54) is 0 Å². The van der Waals surface area contributed by atoms with Crippen molar-refractivity contribution in [3.63, 3.8) is 0 Å². The normalized spacial score (nSPS) is 14.7. The molecule has 0 spiro atoms. The van der Waals surface area contributed by atoms with Gasteiger partial charge in [-0.3, -0.25) is 9.78 Å². The predicted octanol–water partition coefficient (Wildman–Crippen LogP) is 2.49. The lowest BCUT2D eigenvalue weighted by atomic mass is 10.2. The number of furan rings is 1. The minimum absolute atomic E-state index is 0.0114. The topological polar surface area (TPSA) is 75.4 Å². The molecule has 1 fully saturated rings. The van der Waals surface area contributed by atoms with E-state index < -0.39 is 0 Å². The van der Waals surface area contributed by atoms with Crippen molar-refractivity contribution in [2.45, 2.75) is 0 Å². The van der Waals surface area contributed by atoms with Crippen LogP contribution in [-0.2, 0) is 4.79 Å². The van der Waals surface area contributed by atoms with Crippen LogP contribution in [0.5, 0.6) is 0 Å². The van der Waals surface area contributed by atoms with Crippen molar-refractivity contribution in [3.8, 4) is 11.4 Å². The summed E-state index contributed by atoms with van der Waals surface area (Å²) >= 11 is 0. The van der Waals surface area contributed by atoms with E-state index in [-0.39, 0.29) is 5.91 Å². The van der Waals surface area contributed by atoms with E-state index >= 15 is 0 Å². The Morgan fingerprint density at radius 2 is 1.85 bits per heavy atom. The Bertz CT molecular complexity index is 899. The molecule has 1 amide bonds. The highest BCUT2D eigenvalue weighted by atomic mass is 16.3. The Morgan fingerprint density at radius 3 is 2.52 bits per heavy atom. The Morgan fingerprint density at radius 1 is 0.963 bits per heavy atom. The van der Waals surface area contributed by atoms with Gasteiger partial charge in [0, 0.05) is 38.5 Å². The lowest BCUT2D eigenvalue weighted by Crippen LogP contribution is -2.48. The highest BCUT2D eigenvalue weighted by molar-refractivity contribution is 5.91. The number of nitrogens with zero attached hydrogens (tertiary/aromatic N) is 5. The minimum atomic E-state index is -0.0114. The number of hydrogen-bond donors (Lipinski definition) is 0.